The standard InChI is InChI=1S/C16H25FN2O.ClH/c1-3-4-7-14(19-11-9-18-10-12-19)16-13(17)6-5-8-15(16)20-2;/h5-6,8,14,18H,3-4,7,9-12H2,1-2H3;1H/t14-;/m0./s1. The Labute approximate surface area is 133 Å². The van der Waals surface area contributed by atoms with Gasteiger partial charge in [0.05, 0.1) is 7.11 Å². The summed E-state index contributed by atoms with van der Waals surface area (Å²) in [6.45, 7) is 6.05. The first-order valence-corrected chi connectivity index (χ1v) is 7.55. The number of piperazine rings is 1. The van der Waals surface area contributed by atoms with E-state index in [1.54, 1.807) is 19.2 Å². The van der Waals surface area contributed by atoms with Crippen LogP contribution in [-0.4, -0.2) is 38.2 Å². The second kappa shape index (κ2) is 9.23. The third-order valence-corrected chi connectivity index (χ3v) is 3.99. The summed E-state index contributed by atoms with van der Waals surface area (Å²) >= 11 is 0. The number of benzene rings is 1. The summed E-state index contributed by atoms with van der Waals surface area (Å²) in [5.74, 6) is 0.522. The van der Waals surface area contributed by atoms with Crippen molar-refractivity contribution in [3.05, 3.63) is 29.6 Å². The van der Waals surface area contributed by atoms with Crippen LogP contribution in [0.15, 0.2) is 18.2 Å². The zero-order valence-electron chi connectivity index (χ0n) is 12.9. The Bertz CT molecular complexity index is 425. The molecule has 1 atom stereocenters. The van der Waals surface area contributed by atoms with Gasteiger partial charge in [-0.25, -0.2) is 4.39 Å². The predicted molar refractivity (Wildman–Crippen MR) is 86.9 cm³/mol. The number of hydrogen-bond donors (Lipinski definition) is 1. The maximum atomic E-state index is 14.3. The summed E-state index contributed by atoms with van der Waals surface area (Å²) in [6.07, 6.45) is 3.21. The molecule has 1 saturated heterocycles. The third-order valence-electron chi connectivity index (χ3n) is 3.99. The highest BCUT2D eigenvalue weighted by Gasteiger charge is 2.26. The molecule has 0 spiro atoms. The van der Waals surface area contributed by atoms with Gasteiger partial charge in [0.15, 0.2) is 0 Å². The molecule has 0 amide bonds. The van der Waals surface area contributed by atoms with E-state index in [4.69, 9.17) is 4.74 Å². The number of halogens is 2. The van der Waals surface area contributed by atoms with Gasteiger partial charge in [-0.05, 0) is 18.6 Å². The number of rotatable bonds is 6. The molecule has 1 fully saturated rings. The van der Waals surface area contributed by atoms with Crippen molar-refractivity contribution in [2.45, 2.75) is 32.2 Å². The van der Waals surface area contributed by atoms with Gasteiger partial charge in [-0.2, -0.15) is 0 Å². The Morgan fingerprint density at radius 3 is 2.67 bits per heavy atom. The molecule has 0 bridgehead atoms. The van der Waals surface area contributed by atoms with Crippen LogP contribution in [0.3, 0.4) is 0 Å². The van der Waals surface area contributed by atoms with Crippen molar-refractivity contribution in [2.75, 3.05) is 33.3 Å². The van der Waals surface area contributed by atoms with E-state index in [1.807, 2.05) is 6.07 Å². The van der Waals surface area contributed by atoms with Crippen molar-refractivity contribution in [2.24, 2.45) is 0 Å². The van der Waals surface area contributed by atoms with E-state index in [2.05, 4.69) is 17.1 Å². The van der Waals surface area contributed by atoms with E-state index < -0.39 is 0 Å². The van der Waals surface area contributed by atoms with Crippen LogP contribution >= 0.6 is 12.4 Å². The van der Waals surface area contributed by atoms with E-state index in [0.29, 0.717) is 5.75 Å². The normalized spacial score (nSPS) is 17.1. The van der Waals surface area contributed by atoms with E-state index in [1.165, 1.54) is 0 Å². The molecule has 0 radical (unpaired) electrons. The van der Waals surface area contributed by atoms with E-state index in [-0.39, 0.29) is 24.3 Å². The molecule has 2 rings (SSSR count). The van der Waals surface area contributed by atoms with Gasteiger partial charge in [-0.1, -0.05) is 25.8 Å². The van der Waals surface area contributed by atoms with Gasteiger partial charge in [-0.15, -0.1) is 12.4 Å². The number of nitrogens with zero attached hydrogens (tertiary/aromatic N) is 1. The zero-order chi connectivity index (χ0) is 14.4. The first kappa shape index (κ1) is 18.2. The maximum absolute atomic E-state index is 14.3. The second-order valence-corrected chi connectivity index (χ2v) is 5.30. The highest BCUT2D eigenvalue weighted by molar-refractivity contribution is 5.85. The highest BCUT2D eigenvalue weighted by Crippen LogP contribution is 2.35. The van der Waals surface area contributed by atoms with Crippen LogP contribution in [0.1, 0.15) is 37.8 Å². The van der Waals surface area contributed by atoms with E-state index >= 15 is 0 Å². The van der Waals surface area contributed by atoms with Gasteiger partial charge in [-0.3, -0.25) is 4.90 Å². The smallest absolute Gasteiger partial charge is 0.131 e. The average molecular weight is 317 g/mol. The summed E-state index contributed by atoms with van der Waals surface area (Å²) in [5.41, 5.74) is 0.727. The van der Waals surface area contributed by atoms with Crippen LogP contribution in [0, 0.1) is 5.82 Å². The van der Waals surface area contributed by atoms with Crippen molar-refractivity contribution >= 4 is 12.4 Å². The lowest BCUT2D eigenvalue weighted by Gasteiger charge is -2.36. The van der Waals surface area contributed by atoms with Crippen LogP contribution in [0.2, 0.25) is 0 Å². The van der Waals surface area contributed by atoms with Crippen LogP contribution in [0.5, 0.6) is 5.75 Å². The molecule has 0 unspecified atom stereocenters. The SMILES string of the molecule is CCCC[C@@H](c1c(F)cccc1OC)N1CCNCC1.Cl. The molecule has 1 aliphatic rings. The third kappa shape index (κ3) is 4.56. The van der Waals surface area contributed by atoms with Crippen LogP contribution in [0.4, 0.5) is 4.39 Å². The molecule has 3 nitrogen and oxygen atoms in total. The van der Waals surface area contributed by atoms with Crippen molar-refractivity contribution in [1.82, 2.24) is 10.2 Å². The lowest BCUT2D eigenvalue weighted by atomic mass is 9.97. The predicted octanol–water partition coefficient (Wildman–Crippen LogP) is 3.39. The molecular weight excluding hydrogens is 291 g/mol. The lowest BCUT2D eigenvalue weighted by Crippen LogP contribution is -2.45. The first-order valence-electron chi connectivity index (χ1n) is 7.55. The van der Waals surface area contributed by atoms with Gasteiger partial charge in [0.25, 0.3) is 0 Å². The lowest BCUT2D eigenvalue weighted by molar-refractivity contribution is 0.157. The second-order valence-electron chi connectivity index (χ2n) is 5.30. The van der Waals surface area contributed by atoms with Gasteiger partial charge >= 0.3 is 0 Å². The van der Waals surface area contributed by atoms with Crippen molar-refractivity contribution in [3.8, 4) is 5.75 Å². The van der Waals surface area contributed by atoms with Crippen LogP contribution in [0.25, 0.3) is 0 Å². The Morgan fingerprint density at radius 1 is 1.33 bits per heavy atom. The Balaban J connectivity index is 0.00000220. The summed E-state index contributed by atoms with van der Waals surface area (Å²) in [6, 6.07) is 5.23. The number of ether oxygens (including phenoxy) is 1. The Hall–Kier alpha value is -0.840. The molecular formula is C16H26ClFN2O. The largest absolute Gasteiger partial charge is 0.496 e. The van der Waals surface area contributed by atoms with E-state index in [9.17, 15) is 4.39 Å². The van der Waals surface area contributed by atoms with Crippen LogP contribution < -0.4 is 10.1 Å². The molecule has 1 aromatic rings. The summed E-state index contributed by atoms with van der Waals surface area (Å²) < 4.78 is 19.7. The fourth-order valence-electron chi connectivity index (χ4n) is 2.92. The molecule has 0 aromatic heterocycles. The minimum Gasteiger partial charge on any atom is -0.496 e. The Morgan fingerprint density at radius 2 is 2.05 bits per heavy atom. The quantitative estimate of drug-likeness (QED) is 0.870. The van der Waals surface area contributed by atoms with Crippen LogP contribution in [-0.2, 0) is 0 Å². The van der Waals surface area contributed by atoms with Crippen molar-refractivity contribution in [3.63, 3.8) is 0 Å². The molecule has 1 heterocycles. The molecule has 21 heavy (non-hydrogen) atoms. The van der Waals surface area contributed by atoms with Gasteiger partial charge < -0.3 is 10.1 Å². The number of nitrogens with one attached hydrogen (secondary N) is 1. The molecule has 0 saturated carbocycles. The molecule has 1 aliphatic heterocycles. The fourth-order valence-corrected chi connectivity index (χ4v) is 2.92. The van der Waals surface area contributed by atoms with Gasteiger partial charge in [0, 0.05) is 37.8 Å². The van der Waals surface area contributed by atoms with Gasteiger partial charge in [0.2, 0.25) is 0 Å². The topological polar surface area (TPSA) is 24.5 Å². The first-order chi connectivity index (χ1) is 9.77. The van der Waals surface area contributed by atoms with Gasteiger partial charge in [0.1, 0.15) is 11.6 Å². The minimum atomic E-state index is -0.149. The molecule has 1 N–H and O–H groups in total. The minimum absolute atomic E-state index is 0. The zero-order valence-corrected chi connectivity index (χ0v) is 13.7. The monoisotopic (exact) mass is 316 g/mol. The summed E-state index contributed by atoms with van der Waals surface area (Å²) in [7, 11) is 1.62. The highest BCUT2D eigenvalue weighted by atomic mass is 35.5. The molecule has 5 heteroatoms. The Kier molecular flexibility index (Phi) is 8.01. The molecule has 1 aromatic carbocycles. The average Bonchev–Trinajstić information content (AvgIpc) is 2.50. The number of unbranched alkanes of at least 4 members (excludes halogenated alkanes) is 1. The van der Waals surface area contributed by atoms with E-state index in [0.717, 1.165) is 51.0 Å². The summed E-state index contributed by atoms with van der Waals surface area (Å²) in [5, 5.41) is 3.35. The maximum Gasteiger partial charge on any atom is 0.131 e. The number of hydrogen-bond acceptors (Lipinski definition) is 3. The fraction of sp³-hybridized carbons (Fsp3) is 0.625. The van der Waals surface area contributed by atoms with Crippen molar-refractivity contribution < 1.29 is 9.13 Å². The number of methoxy groups -OCH3 is 1. The van der Waals surface area contributed by atoms with Crippen molar-refractivity contribution in [1.29, 1.82) is 0 Å². The molecule has 120 valence electrons. The summed E-state index contributed by atoms with van der Waals surface area (Å²) in [4.78, 5) is 2.38. The molecule has 0 aliphatic carbocycles.